The zero-order chi connectivity index (χ0) is 20.4. The third-order valence-electron chi connectivity index (χ3n) is 4.20. The van der Waals surface area contributed by atoms with Crippen molar-refractivity contribution in [2.24, 2.45) is 0 Å². The van der Waals surface area contributed by atoms with Crippen molar-refractivity contribution >= 4 is 40.2 Å². The minimum absolute atomic E-state index is 0.0722. The minimum atomic E-state index is -0.431. The average Bonchev–Trinajstić information content (AvgIpc) is 2.67. The van der Waals surface area contributed by atoms with Crippen LogP contribution in [0.25, 0.3) is 16.6 Å². The molecule has 0 unspecified atom stereocenters. The van der Waals surface area contributed by atoms with E-state index in [0.29, 0.717) is 32.5 Å². The molecule has 0 saturated heterocycles. The topological polar surface area (TPSA) is 64.4 Å². The smallest absolute Gasteiger partial charge is 0.266 e. The zero-order valence-corrected chi connectivity index (χ0v) is 17.5. The highest BCUT2D eigenvalue weighted by Gasteiger charge is 2.22. The highest BCUT2D eigenvalue weighted by atomic mass is 35.5. The molecule has 0 fully saturated rings. The van der Waals surface area contributed by atoms with Crippen LogP contribution in [0.1, 0.15) is 6.92 Å². The van der Waals surface area contributed by atoms with Crippen molar-refractivity contribution < 1.29 is 9.53 Å². The fourth-order valence-corrected chi connectivity index (χ4v) is 4.05. The zero-order valence-electron chi connectivity index (χ0n) is 16.0. The molecule has 28 heavy (non-hydrogen) atoms. The maximum atomic E-state index is 13.3. The molecule has 0 bridgehead atoms. The maximum Gasteiger partial charge on any atom is 0.266 e. The number of aromatic nitrogens is 2. The molecule has 0 aliphatic rings. The van der Waals surface area contributed by atoms with E-state index in [1.54, 1.807) is 58.5 Å². The SMILES string of the molecule is COc1ccccc1-n1c(S[C@H](C)C(=O)N(C)C)nc2cc(Cl)ccc2c1=O. The molecule has 6 nitrogen and oxygen atoms in total. The number of para-hydroxylation sites is 2. The quantitative estimate of drug-likeness (QED) is 0.468. The van der Waals surface area contributed by atoms with Crippen molar-refractivity contribution in [1.29, 1.82) is 0 Å². The minimum Gasteiger partial charge on any atom is -0.495 e. The second-order valence-corrected chi connectivity index (χ2v) is 8.11. The van der Waals surface area contributed by atoms with Crippen molar-refractivity contribution in [3.63, 3.8) is 0 Å². The van der Waals surface area contributed by atoms with Gasteiger partial charge in [-0.15, -0.1) is 0 Å². The summed E-state index contributed by atoms with van der Waals surface area (Å²) >= 11 is 7.31. The Bertz CT molecular complexity index is 1100. The van der Waals surface area contributed by atoms with E-state index < -0.39 is 5.25 Å². The largest absolute Gasteiger partial charge is 0.495 e. The highest BCUT2D eigenvalue weighted by molar-refractivity contribution is 8.00. The summed E-state index contributed by atoms with van der Waals surface area (Å²) in [4.78, 5) is 31.9. The molecule has 1 aromatic heterocycles. The van der Waals surface area contributed by atoms with Gasteiger partial charge >= 0.3 is 0 Å². The van der Waals surface area contributed by atoms with E-state index in [1.165, 1.54) is 21.2 Å². The van der Waals surface area contributed by atoms with E-state index in [1.807, 2.05) is 12.1 Å². The van der Waals surface area contributed by atoms with Crippen LogP contribution in [0.3, 0.4) is 0 Å². The van der Waals surface area contributed by atoms with Gasteiger partial charge in [0.1, 0.15) is 5.75 Å². The molecule has 0 aliphatic carbocycles. The summed E-state index contributed by atoms with van der Waals surface area (Å²) in [5, 5.41) is 0.889. The summed E-state index contributed by atoms with van der Waals surface area (Å²) in [6, 6.07) is 12.2. The summed E-state index contributed by atoms with van der Waals surface area (Å²) in [7, 11) is 4.93. The van der Waals surface area contributed by atoms with E-state index in [9.17, 15) is 9.59 Å². The van der Waals surface area contributed by atoms with E-state index in [-0.39, 0.29) is 11.5 Å². The summed E-state index contributed by atoms with van der Waals surface area (Å²) in [5.74, 6) is 0.463. The number of amides is 1. The molecule has 1 amide bonds. The Kier molecular flexibility index (Phi) is 5.96. The molecular weight excluding hydrogens is 398 g/mol. The number of thioether (sulfide) groups is 1. The van der Waals surface area contributed by atoms with Crippen LogP contribution in [0.15, 0.2) is 52.4 Å². The van der Waals surface area contributed by atoms with Crippen LogP contribution in [0.5, 0.6) is 5.75 Å². The first kappa shape index (κ1) is 20.2. The lowest BCUT2D eigenvalue weighted by Gasteiger charge is -2.19. The summed E-state index contributed by atoms with van der Waals surface area (Å²) < 4.78 is 6.92. The number of methoxy groups -OCH3 is 1. The number of ether oxygens (including phenoxy) is 1. The Morgan fingerprint density at radius 2 is 1.96 bits per heavy atom. The van der Waals surface area contributed by atoms with Gasteiger partial charge in [0.2, 0.25) is 5.91 Å². The number of halogens is 1. The molecule has 146 valence electrons. The number of fused-ring (bicyclic) bond motifs is 1. The lowest BCUT2D eigenvalue weighted by atomic mass is 10.2. The first-order chi connectivity index (χ1) is 13.3. The lowest BCUT2D eigenvalue weighted by molar-refractivity contribution is -0.127. The monoisotopic (exact) mass is 417 g/mol. The first-order valence-corrected chi connectivity index (χ1v) is 9.82. The molecule has 0 radical (unpaired) electrons. The van der Waals surface area contributed by atoms with Gasteiger partial charge in [-0.1, -0.05) is 35.5 Å². The Morgan fingerprint density at radius 3 is 2.64 bits per heavy atom. The number of rotatable bonds is 5. The van der Waals surface area contributed by atoms with E-state index in [4.69, 9.17) is 16.3 Å². The summed E-state index contributed by atoms with van der Waals surface area (Å²) in [6.07, 6.45) is 0. The predicted octanol–water partition coefficient (Wildman–Crippen LogP) is 3.62. The summed E-state index contributed by atoms with van der Waals surface area (Å²) in [6.45, 7) is 1.79. The number of nitrogens with zero attached hydrogens (tertiary/aromatic N) is 3. The van der Waals surface area contributed by atoms with Gasteiger partial charge in [-0.05, 0) is 37.3 Å². The average molecular weight is 418 g/mol. The van der Waals surface area contributed by atoms with Crippen molar-refractivity contribution in [3.8, 4) is 11.4 Å². The number of hydrogen-bond donors (Lipinski definition) is 0. The van der Waals surface area contributed by atoms with Gasteiger partial charge in [0, 0.05) is 19.1 Å². The van der Waals surface area contributed by atoms with Gasteiger partial charge in [0.05, 0.1) is 29.0 Å². The number of benzene rings is 2. The molecule has 0 N–H and O–H groups in total. The maximum absolute atomic E-state index is 13.3. The first-order valence-electron chi connectivity index (χ1n) is 8.57. The number of hydrogen-bond acceptors (Lipinski definition) is 5. The molecule has 3 rings (SSSR count). The fraction of sp³-hybridized carbons (Fsp3) is 0.250. The Balaban J connectivity index is 2.28. The third kappa shape index (κ3) is 3.86. The molecule has 0 spiro atoms. The molecule has 2 aromatic carbocycles. The summed E-state index contributed by atoms with van der Waals surface area (Å²) in [5.41, 5.74) is 0.792. The molecule has 3 aromatic rings. The Hall–Kier alpha value is -2.51. The molecule has 1 heterocycles. The molecule has 1 atom stereocenters. The van der Waals surface area contributed by atoms with Gasteiger partial charge in [-0.3, -0.25) is 14.2 Å². The molecule has 8 heteroatoms. The van der Waals surface area contributed by atoms with E-state index >= 15 is 0 Å². The van der Waals surface area contributed by atoms with Crippen LogP contribution in [-0.4, -0.2) is 46.8 Å². The van der Waals surface area contributed by atoms with Crippen molar-refractivity contribution in [1.82, 2.24) is 14.5 Å². The second kappa shape index (κ2) is 8.24. The van der Waals surface area contributed by atoms with Gasteiger partial charge < -0.3 is 9.64 Å². The molecule has 0 saturated carbocycles. The van der Waals surface area contributed by atoms with Crippen molar-refractivity contribution in [2.45, 2.75) is 17.3 Å². The predicted molar refractivity (Wildman–Crippen MR) is 113 cm³/mol. The van der Waals surface area contributed by atoms with Crippen LogP contribution in [0, 0.1) is 0 Å². The standard InChI is InChI=1S/C20H20ClN3O3S/c1-12(18(25)23(2)3)28-20-22-15-11-13(21)9-10-14(15)19(26)24(20)16-7-5-6-8-17(16)27-4/h5-12H,1-4H3/t12-/m1/s1. The Morgan fingerprint density at radius 1 is 1.25 bits per heavy atom. The number of carbonyl (C=O) groups excluding carboxylic acids is 1. The highest BCUT2D eigenvalue weighted by Crippen LogP contribution is 2.30. The lowest BCUT2D eigenvalue weighted by Crippen LogP contribution is -2.31. The molecular formula is C20H20ClN3O3S. The van der Waals surface area contributed by atoms with Gasteiger partial charge in [0.25, 0.3) is 5.56 Å². The van der Waals surface area contributed by atoms with Crippen LogP contribution < -0.4 is 10.3 Å². The van der Waals surface area contributed by atoms with Crippen molar-refractivity contribution in [3.05, 3.63) is 57.8 Å². The number of carbonyl (C=O) groups is 1. The molecule has 0 aliphatic heterocycles. The second-order valence-electron chi connectivity index (χ2n) is 6.36. The third-order valence-corrected chi connectivity index (χ3v) is 5.47. The van der Waals surface area contributed by atoms with E-state index in [0.717, 1.165) is 0 Å². The van der Waals surface area contributed by atoms with Gasteiger partial charge in [0.15, 0.2) is 5.16 Å². The van der Waals surface area contributed by atoms with Crippen molar-refractivity contribution in [2.75, 3.05) is 21.2 Å². The van der Waals surface area contributed by atoms with Crippen LogP contribution in [0.2, 0.25) is 5.02 Å². The van der Waals surface area contributed by atoms with E-state index in [2.05, 4.69) is 4.98 Å². The van der Waals surface area contributed by atoms with Gasteiger partial charge in [-0.2, -0.15) is 0 Å². The van der Waals surface area contributed by atoms with Crippen LogP contribution >= 0.6 is 23.4 Å². The normalized spacial score (nSPS) is 12.0. The van der Waals surface area contributed by atoms with Gasteiger partial charge in [-0.25, -0.2) is 4.98 Å². The van der Waals surface area contributed by atoms with Crippen LogP contribution in [-0.2, 0) is 4.79 Å². The Labute approximate surface area is 172 Å². The fourth-order valence-electron chi connectivity index (χ4n) is 2.82. The van der Waals surface area contributed by atoms with Crippen LogP contribution in [0.4, 0.5) is 0 Å².